The number of hydrogen-bond acceptors (Lipinski definition) is 2. The van der Waals surface area contributed by atoms with Crippen LogP contribution in [0.2, 0.25) is 0 Å². The van der Waals surface area contributed by atoms with Gasteiger partial charge in [0, 0.05) is 24.7 Å². The number of hydrogen-bond donors (Lipinski definition) is 1. The molecule has 0 spiro atoms. The number of nitrogens with one attached hydrogen (secondary N) is 1. The van der Waals surface area contributed by atoms with Crippen LogP contribution in [0, 0.1) is 5.92 Å². The Morgan fingerprint density at radius 1 is 1.19 bits per heavy atom. The largest absolute Gasteiger partial charge is 0.338 e. The zero-order valence-corrected chi connectivity index (χ0v) is 13.4. The van der Waals surface area contributed by atoms with E-state index in [1.807, 2.05) is 17.0 Å². The zero-order chi connectivity index (χ0) is 15.0. The summed E-state index contributed by atoms with van der Waals surface area (Å²) in [5.41, 5.74) is 2.24. The maximum atomic E-state index is 12.7. The average molecular weight is 286 g/mol. The van der Waals surface area contributed by atoms with Crippen molar-refractivity contribution in [1.82, 2.24) is 10.2 Å². The van der Waals surface area contributed by atoms with Gasteiger partial charge in [0.2, 0.25) is 0 Å². The first-order chi connectivity index (χ1) is 9.95. The molecule has 2 saturated heterocycles. The molecule has 0 aromatic heterocycles. The monoisotopic (exact) mass is 286 g/mol. The standard InChI is InChI=1S/C18H26N2O/c1-18(2,3)15-6-4-13(5-7-15)17(21)20-11-9-16-14(12-20)8-10-19-16/h4-7,14,16,19H,8-12H2,1-3H3. The van der Waals surface area contributed by atoms with Crippen molar-refractivity contribution >= 4 is 5.91 Å². The summed E-state index contributed by atoms with van der Waals surface area (Å²) in [7, 11) is 0. The van der Waals surface area contributed by atoms with E-state index in [1.54, 1.807) is 0 Å². The van der Waals surface area contributed by atoms with Crippen LogP contribution in [0.3, 0.4) is 0 Å². The number of amides is 1. The van der Waals surface area contributed by atoms with E-state index in [0.717, 1.165) is 31.6 Å². The molecule has 0 saturated carbocycles. The quantitative estimate of drug-likeness (QED) is 0.861. The summed E-state index contributed by atoms with van der Waals surface area (Å²) in [4.78, 5) is 14.7. The fourth-order valence-electron chi connectivity index (χ4n) is 3.53. The van der Waals surface area contributed by atoms with E-state index >= 15 is 0 Å². The molecule has 1 amide bonds. The minimum absolute atomic E-state index is 0.134. The molecule has 2 atom stereocenters. The third-order valence-electron chi connectivity index (χ3n) is 4.94. The van der Waals surface area contributed by atoms with Gasteiger partial charge in [-0.05, 0) is 48.4 Å². The average Bonchev–Trinajstić information content (AvgIpc) is 2.93. The first-order valence-corrected chi connectivity index (χ1v) is 8.08. The molecule has 2 unspecified atom stereocenters. The number of benzene rings is 1. The molecule has 2 aliphatic rings. The number of fused-ring (bicyclic) bond motifs is 1. The van der Waals surface area contributed by atoms with E-state index in [-0.39, 0.29) is 11.3 Å². The molecular weight excluding hydrogens is 260 g/mol. The van der Waals surface area contributed by atoms with Crippen LogP contribution >= 0.6 is 0 Å². The van der Waals surface area contributed by atoms with Gasteiger partial charge in [0.1, 0.15) is 0 Å². The van der Waals surface area contributed by atoms with Crippen LogP contribution in [0.1, 0.15) is 49.5 Å². The molecule has 3 nitrogen and oxygen atoms in total. The Kier molecular flexibility index (Phi) is 3.78. The van der Waals surface area contributed by atoms with E-state index in [1.165, 1.54) is 12.0 Å². The lowest BCUT2D eigenvalue weighted by Crippen LogP contribution is -2.46. The normalized spacial score (nSPS) is 25.8. The summed E-state index contributed by atoms with van der Waals surface area (Å²) in [5.74, 6) is 0.845. The molecule has 0 bridgehead atoms. The molecule has 3 heteroatoms. The van der Waals surface area contributed by atoms with Gasteiger partial charge in [0.15, 0.2) is 0 Å². The van der Waals surface area contributed by atoms with Crippen molar-refractivity contribution in [2.75, 3.05) is 19.6 Å². The second-order valence-corrected chi connectivity index (χ2v) is 7.48. The third-order valence-corrected chi connectivity index (χ3v) is 4.94. The molecule has 0 radical (unpaired) electrons. The Balaban J connectivity index is 1.70. The molecule has 1 aromatic carbocycles. The lowest BCUT2D eigenvalue weighted by Gasteiger charge is -2.35. The van der Waals surface area contributed by atoms with Gasteiger partial charge in [-0.25, -0.2) is 0 Å². The Morgan fingerprint density at radius 3 is 2.57 bits per heavy atom. The highest BCUT2D eigenvalue weighted by Gasteiger charge is 2.34. The third kappa shape index (κ3) is 2.98. The smallest absolute Gasteiger partial charge is 0.253 e. The van der Waals surface area contributed by atoms with E-state index in [9.17, 15) is 4.79 Å². The molecule has 2 aliphatic heterocycles. The topological polar surface area (TPSA) is 32.3 Å². The number of carbonyl (C=O) groups is 1. The summed E-state index contributed by atoms with van der Waals surface area (Å²) < 4.78 is 0. The van der Waals surface area contributed by atoms with Crippen molar-refractivity contribution in [3.8, 4) is 0 Å². The van der Waals surface area contributed by atoms with Crippen LogP contribution in [0.5, 0.6) is 0 Å². The van der Waals surface area contributed by atoms with E-state index < -0.39 is 0 Å². The molecule has 1 aromatic rings. The second kappa shape index (κ2) is 5.45. The molecule has 0 aliphatic carbocycles. The molecule has 3 rings (SSSR count). The highest BCUT2D eigenvalue weighted by Crippen LogP contribution is 2.26. The van der Waals surface area contributed by atoms with Crippen molar-refractivity contribution in [2.24, 2.45) is 5.92 Å². The van der Waals surface area contributed by atoms with Gasteiger partial charge in [-0.3, -0.25) is 4.79 Å². The Morgan fingerprint density at radius 2 is 1.90 bits per heavy atom. The lowest BCUT2D eigenvalue weighted by molar-refractivity contribution is 0.0662. The first kappa shape index (κ1) is 14.6. The Labute approximate surface area is 127 Å². The van der Waals surface area contributed by atoms with Crippen molar-refractivity contribution in [2.45, 2.75) is 45.1 Å². The number of nitrogens with zero attached hydrogens (tertiary/aromatic N) is 1. The minimum atomic E-state index is 0.134. The van der Waals surface area contributed by atoms with Gasteiger partial charge < -0.3 is 10.2 Å². The van der Waals surface area contributed by atoms with Crippen LogP contribution in [-0.4, -0.2) is 36.5 Å². The zero-order valence-electron chi connectivity index (χ0n) is 13.4. The molecular formula is C18H26N2O. The number of rotatable bonds is 1. The SMILES string of the molecule is CC(C)(C)c1ccc(C(=O)N2CCC3NCCC3C2)cc1. The van der Waals surface area contributed by atoms with Gasteiger partial charge >= 0.3 is 0 Å². The molecule has 2 fully saturated rings. The Bertz CT molecular complexity index is 515. The van der Waals surface area contributed by atoms with Crippen molar-refractivity contribution in [3.05, 3.63) is 35.4 Å². The maximum absolute atomic E-state index is 12.7. The Hall–Kier alpha value is -1.35. The highest BCUT2D eigenvalue weighted by atomic mass is 16.2. The summed E-state index contributed by atoms with van der Waals surface area (Å²) in [5, 5.41) is 3.54. The predicted octanol–water partition coefficient (Wildman–Crippen LogP) is 2.81. The van der Waals surface area contributed by atoms with Gasteiger partial charge in [-0.1, -0.05) is 32.9 Å². The molecule has 21 heavy (non-hydrogen) atoms. The number of likely N-dealkylation sites (tertiary alicyclic amines) is 1. The first-order valence-electron chi connectivity index (χ1n) is 8.08. The number of carbonyl (C=O) groups excluding carboxylic acids is 1. The van der Waals surface area contributed by atoms with E-state index in [2.05, 4.69) is 38.2 Å². The summed E-state index contributed by atoms with van der Waals surface area (Å²) in [6, 6.07) is 8.80. The van der Waals surface area contributed by atoms with Crippen LogP contribution in [0.25, 0.3) is 0 Å². The fourth-order valence-corrected chi connectivity index (χ4v) is 3.53. The van der Waals surface area contributed by atoms with Crippen LogP contribution in [0.4, 0.5) is 0 Å². The van der Waals surface area contributed by atoms with Crippen LogP contribution in [-0.2, 0) is 5.41 Å². The molecule has 2 heterocycles. The van der Waals surface area contributed by atoms with Crippen molar-refractivity contribution in [3.63, 3.8) is 0 Å². The lowest BCUT2D eigenvalue weighted by atomic mass is 9.86. The van der Waals surface area contributed by atoms with Crippen molar-refractivity contribution in [1.29, 1.82) is 0 Å². The van der Waals surface area contributed by atoms with E-state index in [0.29, 0.717) is 12.0 Å². The minimum Gasteiger partial charge on any atom is -0.338 e. The fraction of sp³-hybridized carbons (Fsp3) is 0.611. The van der Waals surface area contributed by atoms with Gasteiger partial charge in [-0.15, -0.1) is 0 Å². The van der Waals surface area contributed by atoms with Crippen LogP contribution in [0.15, 0.2) is 24.3 Å². The number of piperidine rings is 1. The summed E-state index contributed by atoms with van der Waals surface area (Å²) >= 11 is 0. The molecule has 114 valence electrons. The summed E-state index contributed by atoms with van der Waals surface area (Å²) in [6.07, 6.45) is 2.30. The maximum Gasteiger partial charge on any atom is 0.253 e. The van der Waals surface area contributed by atoms with Gasteiger partial charge in [0.05, 0.1) is 0 Å². The van der Waals surface area contributed by atoms with Gasteiger partial charge in [-0.2, -0.15) is 0 Å². The predicted molar refractivity (Wildman–Crippen MR) is 85.6 cm³/mol. The summed E-state index contributed by atoms with van der Waals surface area (Å²) in [6.45, 7) is 9.49. The van der Waals surface area contributed by atoms with Gasteiger partial charge in [0.25, 0.3) is 5.91 Å². The van der Waals surface area contributed by atoms with E-state index in [4.69, 9.17) is 0 Å². The molecule has 1 N–H and O–H groups in total. The van der Waals surface area contributed by atoms with Crippen molar-refractivity contribution < 1.29 is 4.79 Å². The second-order valence-electron chi connectivity index (χ2n) is 7.48. The highest BCUT2D eigenvalue weighted by molar-refractivity contribution is 5.94. The van der Waals surface area contributed by atoms with Crippen LogP contribution < -0.4 is 5.32 Å².